The number of carboxylic acid groups (broad SMARTS) is 1. The quantitative estimate of drug-likeness (QED) is 0.894. The number of benzene rings is 1. The highest BCUT2D eigenvalue weighted by atomic mass is 16.4. The van der Waals surface area contributed by atoms with Crippen molar-refractivity contribution in [3.8, 4) is 0 Å². The third-order valence-electron chi connectivity index (χ3n) is 4.78. The van der Waals surface area contributed by atoms with Gasteiger partial charge >= 0.3 is 5.97 Å². The molecule has 2 atom stereocenters. The first-order valence-electron chi connectivity index (χ1n) is 7.73. The van der Waals surface area contributed by atoms with Crippen LogP contribution < -0.4 is 5.32 Å². The van der Waals surface area contributed by atoms with Crippen LogP contribution in [0.4, 0.5) is 0 Å². The van der Waals surface area contributed by atoms with E-state index in [1.807, 2.05) is 18.2 Å². The minimum Gasteiger partial charge on any atom is -0.481 e. The molecule has 2 aliphatic carbocycles. The zero-order valence-corrected chi connectivity index (χ0v) is 12.0. The van der Waals surface area contributed by atoms with Gasteiger partial charge in [0.15, 0.2) is 0 Å². The number of hydrogen-bond acceptors (Lipinski definition) is 2. The van der Waals surface area contributed by atoms with Crippen molar-refractivity contribution in [3.63, 3.8) is 0 Å². The molecular formula is C17H21NO3. The lowest BCUT2D eigenvalue weighted by Gasteiger charge is -2.26. The van der Waals surface area contributed by atoms with Crippen molar-refractivity contribution in [1.82, 2.24) is 5.32 Å². The van der Waals surface area contributed by atoms with Gasteiger partial charge in [0.2, 0.25) is 5.91 Å². The number of aliphatic carboxylic acids is 1. The maximum Gasteiger partial charge on any atom is 0.306 e. The first-order chi connectivity index (χ1) is 10.1. The molecule has 0 aromatic heterocycles. The monoisotopic (exact) mass is 287 g/mol. The molecule has 0 heterocycles. The van der Waals surface area contributed by atoms with Crippen molar-refractivity contribution in [2.75, 3.05) is 0 Å². The summed E-state index contributed by atoms with van der Waals surface area (Å²) in [6.45, 7) is 0. The number of carboxylic acids is 1. The average molecular weight is 287 g/mol. The fourth-order valence-electron chi connectivity index (χ4n) is 3.35. The number of carbonyl (C=O) groups excluding carboxylic acids is 1. The molecule has 3 rings (SSSR count). The molecule has 112 valence electrons. The third-order valence-corrected chi connectivity index (χ3v) is 4.78. The summed E-state index contributed by atoms with van der Waals surface area (Å²) in [6.07, 6.45) is 3.84. The van der Waals surface area contributed by atoms with Crippen molar-refractivity contribution in [1.29, 1.82) is 0 Å². The van der Waals surface area contributed by atoms with E-state index >= 15 is 0 Å². The van der Waals surface area contributed by atoms with E-state index in [0.717, 1.165) is 19.3 Å². The topological polar surface area (TPSA) is 66.4 Å². The Hall–Kier alpha value is -1.84. The summed E-state index contributed by atoms with van der Waals surface area (Å²) in [5.74, 6) is -0.323. The molecule has 21 heavy (non-hydrogen) atoms. The maximum absolute atomic E-state index is 12.2. The van der Waals surface area contributed by atoms with Gasteiger partial charge in [-0.05, 0) is 43.6 Å². The maximum atomic E-state index is 12.2. The molecule has 2 aliphatic rings. The Labute approximate surface area is 124 Å². The lowest BCUT2D eigenvalue weighted by molar-refractivity contribution is -0.142. The first kappa shape index (κ1) is 14.1. The van der Waals surface area contributed by atoms with Gasteiger partial charge in [0.1, 0.15) is 0 Å². The van der Waals surface area contributed by atoms with E-state index in [-0.39, 0.29) is 23.8 Å². The van der Waals surface area contributed by atoms with Crippen molar-refractivity contribution >= 4 is 11.9 Å². The van der Waals surface area contributed by atoms with Crippen LogP contribution in [0.15, 0.2) is 30.3 Å². The number of amides is 1. The predicted octanol–water partition coefficient (Wildman–Crippen LogP) is 2.55. The van der Waals surface area contributed by atoms with Crippen LogP contribution >= 0.6 is 0 Å². The number of rotatable bonds is 4. The van der Waals surface area contributed by atoms with E-state index in [0.29, 0.717) is 18.8 Å². The van der Waals surface area contributed by atoms with Gasteiger partial charge in [-0.15, -0.1) is 0 Å². The summed E-state index contributed by atoms with van der Waals surface area (Å²) in [4.78, 5) is 23.2. The SMILES string of the molecule is O=C(O)C1CCC(NC(=O)C2CC2c2ccccc2)CC1. The van der Waals surface area contributed by atoms with Crippen LogP contribution in [0, 0.1) is 11.8 Å². The second kappa shape index (κ2) is 5.88. The van der Waals surface area contributed by atoms with E-state index in [4.69, 9.17) is 5.11 Å². The molecule has 4 heteroatoms. The zero-order valence-electron chi connectivity index (χ0n) is 12.0. The first-order valence-corrected chi connectivity index (χ1v) is 7.73. The normalized spacial score (nSPS) is 31.4. The molecule has 0 radical (unpaired) electrons. The van der Waals surface area contributed by atoms with Gasteiger partial charge in [-0.25, -0.2) is 0 Å². The minimum absolute atomic E-state index is 0.101. The van der Waals surface area contributed by atoms with Gasteiger partial charge in [-0.3, -0.25) is 9.59 Å². The molecule has 0 bridgehead atoms. The lowest BCUT2D eigenvalue weighted by Crippen LogP contribution is -2.39. The highest BCUT2D eigenvalue weighted by Crippen LogP contribution is 2.47. The Morgan fingerprint density at radius 1 is 1.05 bits per heavy atom. The summed E-state index contributed by atoms with van der Waals surface area (Å²) in [5.41, 5.74) is 1.24. The van der Waals surface area contributed by atoms with Gasteiger partial charge in [0.05, 0.1) is 5.92 Å². The molecule has 1 amide bonds. The number of hydrogen-bond donors (Lipinski definition) is 2. The van der Waals surface area contributed by atoms with E-state index in [1.54, 1.807) is 0 Å². The fraction of sp³-hybridized carbons (Fsp3) is 0.529. The lowest BCUT2D eigenvalue weighted by atomic mass is 9.86. The molecule has 0 spiro atoms. The summed E-state index contributed by atoms with van der Waals surface area (Å²) in [7, 11) is 0. The van der Waals surface area contributed by atoms with Crippen LogP contribution in [0.2, 0.25) is 0 Å². The molecule has 2 unspecified atom stereocenters. The van der Waals surface area contributed by atoms with E-state index in [1.165, 1.54) is 5.56 Å². The van der Waals surface area contributed by atoms with Crippen LogP contribution in [0.25, 0.3) is 0 Å². The van der Waals surface area contributed by atoms with Gasteiger partial charge in [-0.2, -0.15) is 0 Å². The third kappa shape index (κ3) is 3.26. The van der Waals surface area contributed by atoms with E-state index in [2.05, 4.69) is 17.4 Å². The van der Waals surface area contributed by atoms with Gasteiger partial charge < -0.3 is 10.4 Å². The van der Waals surface area contributed by atoms with Crippen LogP contribution in [0.3, 0.4) is 0 Å². The van der Waals surface area contributed by atoms with Crippen LogP contribution in [-0.4, -0.2) is 23.0 Å². The number of nitrogens with one attached hydrogen (secondary N) is 1. The van der Waals surface area contributed by atoms with Crippen LogP contribution in [-0.2, 0) is 9.59 Å². The van der Waals surface area contributed by atoms with E-state index in [9.17, 15) is 9.59 Å². The summed E-state index contributed by atoms with van der Waals surface area (Å²) in [6, 6.07) is 10.3. The molecule has 2 saturated carbocycles. The minimum atomic E-state index is -0.703. The second-order valence-corrected chi connectivity index (χ2v) is 6.25. The van der Waals surface area contributed by atoms with Crippen LogP contribution in [0.1, 0.15) is 43.6 Å². The summed E-state index contributed by atoms with van der Waals surface area (Å²) >= 11 is 0. The Morgan fingerprint density at radius 3 is 2.33 bits per heavy atom. The summed E-state index contributed by atoms with van der Waals surface area (Å²) < 4.78 is 0. The van der Waals surface area contributed by atoms with Crippen molar-refractivity contribution in [3.05, 3.63) is 35.9 Å². The molecule has 2 fully saturated rings. The van der Waals surface area contributed by atoms with Crippen LogP contribution in [0.5, 0.6) is 0 Å². The molecule has 1 aromatic carbocycles. The van der Waals surface area contributed by atoms with Crippen molar-refractivity contribution < 1.29 is 14.7 Å². The van der Waals surface area contributed by atoms with Crippen molar-refractivity contribution in [2.24, 2.45) is 11.8 Å². The highest BCUT2D eigenvalue weighted by molar-refractivity contribution is 5.83. The molecule has 0 aliphatic heterocycles. The molecular weight excluding hydrogens is 266 g/mol. The van der Waals surface area contributed by atoms with E-state index < -0.39 is 5.97 Å². The average Bonchev–Trinajstić information content (AvgIpc) is 3.29. The smallest absolute Gasteiger partial charge is 0.306 e. The Balaban J connectivity index is 1.47. The standard InChI is InChI=1S/C17H21NO3/c19-16(15-10-14(15)11-4-2-1-3-5-11)18-13-8-6-12(7-9-13)17(20)21/h1-5,12-15H,6-10H2,(H,18,19)(H,20,21). The van der Waals surface area contributed by atoms with Crippen molar-refractivity contribution in [2.45, 2.75) is 44.1 Å². The highest BCUT2D eigenvalue weighted by Gasteiger charge is 2.44. The predicted molar refractivity (Wildman–Crippen MR) is 78.8 cm³/mol. The van der Waals surface area contributed by atoms with Gasteiger partial charge in [0.25, 0.3) is 0 Å². The Morgan fingerprint density at radius 2 is 1.71 bits per heavy atom. The fourth-order valence-corrected chi connectivity index (χ4v) is 3.35. The second-order valence-electron chi connectivity index (χ2n) is 6.25. The molecule has 1 aromatic rings. The Kier molecular flexibility index (Phi) is 3.95. The molecule has 2 N–H and O–H groups in total. The number of carbonyl (C=O) groups is 2. The van der Waals surface area contributed by atoms with Gasteiger partial charge in [0, 0.05) is 12.0 Å². The van der Waals surface area contributed by atoms with Gasteiger partial charge in [-0.1, -0.05) is 30.3 Å². The molecule has 4 nitrogen and oxygen atoms in total. The zero-order chi connectivity index (χ0) is 14.8. The Bertz CT molecular complexity index is 520. The largest absolute Gasteiger partial charge is 0.481 e. The summed E-state index contributed by atoms with van der Waals surface area (Å²) in [5, 5.41) is 12.1. The molecule has 0 saturated heterocycles.